The summed E-state index contributed by atoms with van der Waals surface area (Å²) in [5.41, 5.74) is 0. The maximum atomic E-state index is 10.7. The van der Waals surface area contributed by atoms with Gasteiger partial charge in [-0.2, -0.15) is 0 Å². The molecule has 2 heterocycles. The molecule has 2 saturated heterocycles. The van der Waals surface area contributed by atoms with Gasteiger partial charge in [-0.25, -0.2) is 16.8 Å². The van der Waals surface area contributed by atoms with Gasteiger partial charge in [0.15, 0.2) is 19.7 Å². The second-order valence-corrected chi connectivity index (χ2v) is 10.8. The lowest BCUT2D eigenvalue weighted by Crippen LogP contribution is -2.09. The Bertz CT molecular complexity index is 411. The van der Waals surface area contributed by atoms with E-state index in [0.29, 0.717) is 0 Å². The fraction of sp³-hybridized carbons (Fsp3) is 1.00. The molecule has 0 aromatic heterocycles. The number of hydrogen-bond acceptors (Lipinski definition) is 4. The van der Waals surface area contributed by atoms with Gasteiger partial charge in [-0.15, -0.1) is 46.4 Å². The second kappa shape index (κ2) is 6.22. The summed E-state index contributed by atoms with van der Waals surface area (Å²) >= 11 is 22.1. The minimum atomic E-state index is -2.91. The molecule has 10 heteroatoms. The average Bonchev–Trinajstić information content (AvgIpc) is 2.49. The van der Waals surface area contributed by atoms with Crippen LogP contribution in [0.2, 0.25) is 0 Å². The van der Waals surface area contributed by atoms with Gasteiger partial charge in [0.1, 0.15) is 0 Å². The minimum absolute atomic E-state index is 0.0305. The quantitative estimate of drug-likeness (QED) is 0.596. The minimum Gasteiger partial charge on any atom is -0.229 e. The maximum absolute atomic E-state index is 10.7. The van der Waals surface area contributed by atoms with Gasteiger partial charge in [-0.3, -0.25) is 0 Å². The first-order valence-corrected chi connectivity index (χ1v) is 10.4. The fourth-order valence-electron chi connectivity index (χ4n) is 1.52. The first kappa shape index (κ1) is 17.1. The van der Waals surface area contributed by atoms with Crippen LogP contribution in [0.5, 0.6) is 0 Å². The van der Waals surface area contributed by atoms with E-state index >= 15 is 0 Å². The highest BCUT2D eigenvalue weighted by Crippen LogP contribution is 2.22. The molecule has 4 nitrogen and oxygen atoms in total. The zero-order valence-corrected chi connectivity index (χ0v) is 13.8. The van der Waals surface area contributed by atoms with Gasteiger partial charge >= 0.3 is 0 Å². The lowest BCUT2D eigenvalue weighted by molar-refractivity contribution is 0.600. The molecule has 2 fully saturated rings. The summed E-state index contributed by atoms with van der Waals surface area (Å²) in [6.45, 7) is 0. The van der Waals surface area contributed by atoms with Crippen LogP contribution in [-0.2, 0) is 19.7 Å². The van der Waals surface area contributed by atoms with E-state index in [4.69, 9.17) is 46.4 Å². The lowest BCUT2D eigenvalue weighted by atomic mass is 10.4. The summed E-state index contributed by atoms with van der Waals surface area (Å²) < 4.78 is 42.7. The van der Waals surface area contributed by atoms with Gasteiger partial charge in [0.05, 0.1) is 44.5 Å². The first-order chi connectivity index (χ1) is 8.02. The van der Waals surface area contributed by atoms with Crippen LogP contribution in [0, 0.1) is 0 Å². The van der Waals surface area contributed by atoms with Crippen molar-refractivity contribution in [3.05, 3.63) is 0 Å². The number of rotatable bonds is 0. The summed E-state index contributed by atoms with van der Waals surface area (Å²) in [4.78, 5) is 0. The molecule has 18 heavy (non-hydrogen) atoms. The van der Waals surface area contributed by atoms with Crippen molar-refractivity contribution in [3.63, 3.8) is 0 Å². The molecule has 0 N–H and O–H groups in total. The number of sulfone groups is 2. The smallest absolute Gasteiger partial charge is 0.153 e. The Balaban J connectivity index is 0.000000180. The standard InChI is InChI=1S/2C4H6Cl2O2S/c2*5-3-1-9(7,8)2-4(3)6/h2*3-4H,1-2H2. The number of halogens is 4. The Morgan fingerprint density at radius 2 is 0.722 bits per heavy atom. The van der Waals surface area contributed by atoms with Gasteiger partial charge in [-0.1, -0.05) is 0 Å². The van der Waals surface area contributed by atoms with Crippen molar-refractivity contribution < 1.29 is 16.8 Å². The van der Waals surface area contributed by atoms with Crippen LogP contribution < -0.4 is 0 Å². The predicted octanol–water partition coefficient (Wildman–Crippen LogP) is 1.26. The van der Waals surface area contributed by atoms with E-state index in [1.54, 1.807) is 0 Å². The fourth-order valence-corrected chi connectivity index (χ4v) is 7.75. The summed E-state index contributed by atoms with van der Waals surface area (Å²) in [6.07, 6.45) is 0. The van der Waals surface area contributed by atoms with Crippen LogP contribution in [0.1, 0.15) is 0 Å². The molecule has 108 valence electrons. The molecule has 4 atom stereocenters. The van der Waals surface area contributed by atoms with Gasteiger partial charge in [0, 0.05) is 0 Å². The van der Waals surface area contributed by atoms with E-state index in [0.717, 1.165) is 0 Å². The van der Waals surface area contributed by atoms with Crippen LogP contribution in [-0.4, -0.2) is 61.4 Å². The van der Waals surface area contributed by atoms with Gasteiger partial charge in [0.25, 0.3) is 0 Å². The van der Waals surface area contributed by atoms with E-state index in [9.17, 15) is 16.8 Å². The van der Waals surface area contributed by atoms with Gasteiger partial charge in [-0.05, 0) is 0 Å². The van der Waals surface area contributed by atoms with Gasteiger partial charge in [0.2, 0.25) is 0 Å². The molecule has 0 aliphatic carbocycles. The Kier molecular flexibility index (Phi) is 5.92. The second-order valence-electron chi connectivity index (χ2n) is 4.22. The molecule has 0 saturated carbocycles. The highest BCUT2D eigenvalue weighted by Gasteiger charge is 2.35. The average molecular weight is 378 g/mol. The zero-order chi connectivity index (χ0) is 14.1. The van der Waals surface area contributed by atoms with Crippen molar-refractivity contribution in [2.75, 3.05) is 23.0 Å². The van der Waals surface area contributed by atoms with E-state index < -0.39 is 41.2 Å². The molecule has 0 radical (unpaired) electrons. The van der Waals surface area contributed by atoms with Crippen LogP contribution in [0.25, 0.3) is 0 Å². The van der Waals surface area contributed by atoms with E-state index in [-0.39, 0.29) is 23.0 Å². The molecule has 4 unspecified atom stereocenters. The Hall–Kier alpha value is 1.06. The summed E-state index contributed by atoms with van der Waals surface area (Å²) in [7, 11) is -5.82. The first-order valence-electron chi connectivity index (χ1n) is 4.99. The zero-order valence-electron chi connectivity index (χ0n) is 9.10. The third-order valence-electron chi connectivity index (χ3n) is 2.44. The molecular formula is C8H12Cl4O4S2. The van der Waals surface area contributed by atoms with Crippen LogP contribution in [0.15, 0.2) is 0 Å². The largest absolute Gasteiger partial charge is 0.229 e. The molecule has 2 aliphatic heterocycles. The van der Waals surface area contributed by atoms with Crippen molar-refractivity contribution in [3.8, 4) is 0 Å². The molecule has 2 rings (SSSR count). The van der Waals surface area contributed by atoms with Gasteiger partial charge < -0.3 is 0 Å². The van der Waals surface area contributed by atoms with Crippen molar-refractivity contribution in [2.24, 2.45) is 0 Å². The predicted molar refractivity (Wildman–Crippen MR) is 75.9 cm³/mol. The van der Waals surface area contributed by atoms with Crippen LogP contribution in [0.4, 0.5) is 0 Å². The number of hydrogen-bond donors (Lipinski definition) is 0. The molecule has 0 aromatic rings. The van der Waals surface area contributed by atoms with Crippen molar-refractivity contribution in [1.82, 2.24) is 0 Å². The van der Waals surface area contributed by atoms with Crippen LogP contribution in [0.3, 0.4) is 0 Å². The monoisotopic (exact) mass is 376 g/mol. The third-order valence-corrected chi connectivity index (χ3v) is 8.73. The summed E-state index contributed by atoms with van der Waals surface area (Å²) in [5.74, 6) is 0.122. The molecule has 0 bridgehead atoms. The maximum Gasteiger partial charge on any atom is 0.153 e. The molecule has 0 spiro atoms. The van der Waals surface area contributed by atoms with E-state index in [1.807, 2.05) is 0 Å². The lowest BCUT2D eigenvalue weighted by Gasteiger charge is -1.97. The molecule has 2 aliphatic rings. The highest BCUT2D eigenvalue weighted by atomic mass is 35.5. The molecule has 0 amide bonds. The van der Waals surface area contributed by atoms with Crippen molar-refractivity contribution in [2.45, 2.75) is 21.5 Å². The Labute approximate surface area is 127 Å². The highest BCUT2D eigenvalue weighted by molar-refractivity contribution is 7.92. The van der Waals surface area contributed by atoms with E-state index in [1.165, 1.54) is 0 Å². The van der Waals surface area contributed by atoms with Crippen molar-refractivity contribution >= 4 is 66.1 Å². The van der Waals surface area contributed by atoms with E-state index in [2.05, 4.69) is 0 Å². The normalized spacial score (nSPS) is 41.1. The molecule has 0 aromatic carbocycles. The summed E-state index contributed by atoms with van der Waals surface area (Å²) in [5, 5.41) is -1.57. The third kappa shape index (κ3) is 5.21. The SMILES string of the molecule is O=S1(=O)CC(Cl)C(Cl)C1.O=S1(=O)CC(Cl)C(Cl)C1. The number of alkyl halides is 4. The molecular weight excluding hydrogens is 366 g/mol. The summed E-state index contributed by atoms with van der Waals surface area (Å²) in [6, 6.07) is 0. The van der Waals surface area contributed by atoms with Crippen molar-refractivity contribution in [1.29, 1.82) is 0 Å². The Morgan fingerprint density at radius 1 is 0.556 bits per heavy atom. The topological polar surface area (TPSA) is 68.3 Å². The Morgan fingerprint density at radius 3 is 0.778 bits per heavy atom. The van der Waals surface area contributed by atoms with Crippen LogP contribution >= 0.6 is 46.4 Å².